The molecule has 3 unspecified atom stereocenters. The van der Waals surface area contributed by atoms with Crippen LogP contribution in [0.25, 0.3) is 0 Å². The van der Waals surface area contributed by atoms with Gasteiger partial charge in [-0.3, -0.25) is 4.74 Å². The fourth-order valence-electron chi connectivity index (χ4n) is 4.31. The lowest BCUT2D eigenvalue weighted by Gasteiger charge is -2.26. The molecule has 0 aromatic carbocycles. The van der Waals surface area contributed by atoms with Gasteiger partial charge in [0.1, 0.15) is 51.5 Å². The number of hydrogen-bond donors (Lipinski definition) is 3. The van der Waals surface area contributed by atoms with Gasteiger partial charge in [-0.15, -0.1) is 31.5 Å². The van der Waals surface area contributed by atoms with Gasteiger partial charge in [-0.05, 0) is 22.9 Å². The minimum atomic E-state index is -5.50. The third-order valence-corrected chi connectivity index (χ3v) is 8.71. The van der Waals surface area contributed by atoms with Crippen LogP contribution in [0.2, 0.25) is 0 Å². The third-order valence-electron chi connectivity index (χ3n) is 6.83. The van der Waals surface area contributed by atoms with Crippen molar-refractivity contribution in [3.05, 3.63) is 44.8 Å². The van der Waals surface area contributed by atoms with Gasteiger partial charge in [-0.2, -0.15) is 35.1 Å². The Morgan fingerprint density at radius 3 is 1.18 bits per heavy atom. The first kappa shape index (κ1) is 56.2. The van der Waals surface area contributed by atoms with E-state index in [-0.39, 0.29) is 46.2 Å². The molecule has 0 saturated heterocycles. The summed E-state index contributed by atoms with van der Waals surface area (Å²) in [5.74, 6) is 0. The maximum atomic E-state index is 13.8. The molecule has 0 fully saturated rings. The van der Waals surface area contributed by atoms with Crippen LogP contribution in [0.3, 0.4) is 0 Å². The van der Waals surface area contributed by atoms with Crippen LogP contribution < -0.4 is 0 Å². The Morgan fingerprint density at radius 2 is 0.758 bits per heavy atom. The second-order valence-electron chi connectivity index (χ2n) is 12.7. The zero-order valence-corrected chi connectivity index (χ0v) is 34.6. The molecular weight excluding hydrogens is 914 g/mol. The Morgan fingerprint density at radius 1 is 0.419 bits per heavy atom. The minimum Gasteiger partial charge on any atom is -0.388 e. The number of aliphatic hydroxyl groups excluding tert-OH is 3. The van der Waals surface area contributed by atoms with Crippen molar-refractivity contribution in [2.45, 2.75) is 61.9 Å². The molecule has 0 aliphatic heterocycles. The fraction of sp³-hybridized carbons (Fsp3) is 0.771. The number of rotatable bonds is 40. The molecule has 2 aromatic heterocycles. The zero-order chi connectivity index (χ0) is 46.0. The van der Waals surface area contributed by atoms with Gasteiger partial charge in [0, 0.05) is 22.6 Å². The summed E-state index contributed by atoms with van der Waals surface area (Å²) in [7, 11) is 0. The van der Waals surface area contributed by atoms with Crippen LogP contribution in [-0.4, -0.2) is 177 Å². The topological polar surface area (TPSA) is 171 Å². The van der Waals surface area contributed by atoms with E-state index in [2.05, 4.69) is 33.2 Å². The lowest BCUT2D eigenvalue weighted by atomic mass is 10.3. The third kappa shape index (κ3) is 29.5. The van der Waals surface area contributed by atoms with E-state index in [1.54, 1.807) is 0 Å². The summed E-state index contributed by atoms with van der Waals surface area (Å²) in [4.78, 5) is 2.06. The second-order valence-corrected chi connectivity index (χ2v) is 14.8. The summed E-state index contributed by atoms with van der Waals surface area (Å²) in [5.41, 5.74) is 0. The molecule has 3 N–H and O–H groups in total. The number of aliphatic hydroxyl groups is 3. The smallest absolute Gasteiger partial charge is 0.388 e. The molecule has 0 saturated carbocycles. The summed E-state index contributed by atoms with van der Waals surface area (Å²) in [5, 5.41) is 33.0. The number of halogens is 10. The second kappa shape index (κ2) is 29.6. The lowest BCUT2D eigenvalue weighted by molar-refractivity contribution is -0.518. The molecule has 2 rings (SSSR count). The van der Waals surface area contributed by atoms with Gasteiger partial charge in [0.05, 0.1) is 79.3 Å². The predicted molar refractivity (Wildman–Crippen MR) is 195 cm³/mol. The van der Waals surface area contributed by atoms with Crippen molar-refractivity contribution in [3.63, 3.8) is 0 Å². The van der Waals surface area contributed by atoms with Gasteiger partial charge in [-0.25, -0.2) is 9.47 Å². The zero-order valence-electron chi connectivity index (χ0n) is 33.0. The van der Waals surface area contributed by atoms with Crippen LogP contribution in [0.5, 0.6) is 0 Å². The Hall–Kier alpha value is -1.90. The molecule has 3 atom stereocenters. The van der Waals surface area contributed by atoms with Gasteiger partial charge >= 0.3 is 30.7 Å². The molecular formula is C35H50F10O15S2. The molecule has 0 aliphatic rings. The van der Waals surface area contributed by atoms with E-state index in [9.17, 15) is 59.2 Å². The van der Waals surface area contributed by atoms with E-state index in [4.69, 9.17) is 23.7 Å². The highest BCUT2D eigenvalue weighted by molar-refractivity contribution is 7.10. The average molecular weight is 965 g/mol. The van der Waals surface area contributed by atoms with Crippen molar-refractivity contribution in [1.29, 1.82) is 0 Å². The summed E-state index contributed by atoms with van der Waals surface area (Å²) in [6.45, 7) is -11.5. The summed E-state index contributed by atoms with van der Waals surface area (Å²) < 4.78 is 191. The SMILES string of the molecule is OC(COCCOCOCC(F)(F)OC(F)(F)COCC(O)COCCc1cccs1)COCCOCC(F)(F)OC(F)(F)OC(F)(F)COCC(O)COCCc1cccs1. The number of hydrogen-bond acceptors (Lipinski definition) is 17. The number of alkyl halides is 10. The van der Waals surface area contributed by atoms with Crippen LogP contribution >= 0.6 is 22.7 Å². The van der Waals surface area contributed by atoms with Crippen molar-refractivity contribution in [3.8, 4) is 0 Å². The molecule has 0 spiro atoms. The normalized spacial score (nSPS) is 14.7. The maximum Gasteiger partial charge on any atom is 0.495 e. The van der Waals surface area contributed by atoms with Crippen LogP contribution in [0, 0.1) is 0 Å². The van der Waals surface area contributed by atoms with Crippen LogP contribution in [0.15, 0.2) is 35.0 Å². The van der Waals surface area contributed by atoms with E-state index in [1.165, 1.54) is 22.7 Å². The summed E-state index contributed by atoms with van der Waals surface area (Å²) in [6.07, 6.45) is -26.9. The van der Waals surface area contributed by atoms with Crippen LogP contribution in [0.1, 0.15) is 9.75 Å². The highest BCUT2D eigenvalue weighted by Crippen LogP contribution is 2.34. The first-order valence-electron chi connectivity index (χ1n) is 18.4. The Bertz CT molecular complexity index is 1390. The molecule has 27 heteroatoms. The minimum absolute atomic E-state index is 0.208. The van der Waals surface area contributed by atoms with Crippen molar-refractivity contribution >= 4 is 22.7 Å². The van der Waals surface area contributed by atoms with Gasteiger partial charge in [0.25, 0.3) is 0 Å². The molecule has 0 radical (unpaired) electrons. The average Bonchev–Trinajstić information content (AvgIpc) is 3.88. The van der Waals surface area contributed by atoms with E-state index in [1.807, 2.05) is 35.0 Å². The molecule has 15 nitrogen and oxygen atoms in total. The first-order chi connectivity index (χ1) is 29.2. The van der Waals surface area contributed by atoms with E-state index >= 15 is 0 Å². The Balaban J connectivity index is 1.44. The molecule has 0 bridgehead atoms. The Labute approximate surface area is 357 Å². The first-order valence-corrected chi connectivity index (χ1v) is 20.2. The van der Waals surface area contributed by atoms with Crippen LogP contribution in [0.4, 0.5) is 43.9 Å². The Kier molecular flexibility index (Phi) is 26.8. The standard InChI is InChI=1S/C35H50F10O15S2/c36-31(37,22-55-19-27(47)15-49-7-5-29-3-1-13-61-29)58-32(38,39)24-57-25-54-12-10-52-18-26(46)17-51-9-11-53-21-33(40,41)59-35(44,45)60-34(42,43)23-56-20-28(48)16-50-8-6-30-4-2-14-62-30/h1-4,13-14,26-28,46-48H,5-12,15-25H2. The van der Waals surface area contributed by atoms with Crippen molar-refractivity contribution in [2.24, 2.45) is 0 Å². The lowest BCUT2D eigenvalue weighted by Crippen LogP contribution is -2.44. The molecule has 62 heavy (non-hydrogen) atoms. The number of ether oxygens (including phenoxy) is 12. The van der Waals surface area contributed by atoms with Gasteiger partial charge in [0.2, 0.25) is 0 Å². The summed E-state index contributed by atoms with van der Waals surface area (Å²) in [6, 6.07) is 7.43. The largest absolute Gasteiger partial charge is 0.495 e. The van der Waals surface area contributed by atoms with Gasteiger partial charge in [0.15, 0.2) is 0 Å². The van der Waals surface area contributed by atoms with Gasteiger partial charge < -0.3 is 58.0 Å². The highest BCUT2D eigenvalue weighted by atomic mass is 32.1. The molecule has 362 valence electrons. The molecule has 0 aliphatic carbocycles. The van der Waals surface area contributed by atoms with E-state index < -0.39 is 115 Å². The predicted octanol–water partition coefficient (Wildman–Crippen LogP) is 4.76. The van der Waals surface area contributed by atoms with Crippen LogP contribution in [-0.2, 0) is 69.7 Å². The summed E-state index contributed by atoms with van der Waals surface area (Å²) >= 11 is 2.99. The maximum absolute atomic E-state index is 13.8. The molecule has 2 heterocycles. The quantitative estimate of drug-likeness (QED) is 0.0475. The van der Waals surface area contributed by atoms with Crippen molar-refractivity contribution in [1.82, 2.24) is 0 Å². The fourth-order valence-corrected chi connectivity index (χ4v) is 5.69. The highest BCUT2D eigenvalue weighted by Gasteiger charge is 2.52. The van der Waals surface area contributed by atoms with E-state index in [0.717, 1.165) is 9.75 Å². The van der Waals surface area contributed by atoms with E-state index in [0.29, 0.717) is 12.8 Å². The number of thiophene rings is 2. The molecule has 2 aromatic rings. The van der Waals surface area contributed by atoms with Gasteiger partial charge in [-0.1, -0.05) is 12.1 Å². The van der Waals surface area contributed by atoms with Crippen molar-refractivity contribution in [2.75, 3.05) is 113 Å². The van der Waals surface area contributed by atoms with Crippen molar-refractivity contribution < 1.29 is 116 Å². The molecule has 0 amide bonds. The monoisotopic (exact) mass is 964 g/mol.